The molecular formula is C17H24N2OS. The molecule has 0 spiro atoms. The Morgan fingerprint density at radius 2 is 2.10 bits per heavy atom. The van der Waals surface area contributed by atoms with Gasteiger partial charge >= 0.3 is 0 Å². The molecule has 4 heteroatoms. The number of thiophene rings is 1. The third-order valence-corrected chi connectivity index (χ3v) is 5.66. The van der Waals surface area contributed by atoms with E-state index >= 15 is 0 Å². The first-order chi connectivity index (χ1) is 10.2. The molecule has 1 N–H and O–H groups in total. The van der Waals surface area contributed by atoms with Crippen LogP contribution >= 0.6 is 11.3 Å². The van der Waals surface area contributed by atoms with Crippen LogP contribution in [0.1, 0.15) is 59.5 Å². The number of aromatic nitrogens is 2. The first-order valence-electron chi connectivity index (χ1n) is 8.06. The molecule has 2 heterocycles. The molecule has 1 aliphatic carbocycles. The summed E-state index contributed by atoms with van der Waals surface area (Å²) in [5.74, 6) is 0. The van der Waals surface area contributed by atoms with Crippen LogP contribution in [-0.2, 0) is 32.2 Å². The molecule has 0 fully saturated rings. The van der Waals surface area contributed by atoms with Gasteiger partial charge in [0, 0.05) is 28.4 Å². The molecule has 1 atom stereocenters. The normalized spacial score (nSPS) is 16.0. The Balaban J connectivity index is 1.78. The second-order valence-electron chi connectivity index (χ2n) is 5.82. The molecule has 3 nitrogen and oxygen atoms in total. The average Bonchev–Trinajstić information content (AvgIpc) is 3.10. The largest absolute Gasteiger partial charge is 0.387 e. The highest BCUT2D eigenvalue weighted by Gasteiger charge is 2.19. The van der Waals surface area contributed by atoms with Crippen LogP contribution in [0.2, 0.25) is 0 Å². The summed E-state index contributed by atoms with van der Waals surface area (Å²) in [6.07, 6.45) is 6.19. The predicted octanol–water partition coefficient (Wildman–Crippen LogP) is 3.68. The number of hydrogen-bond donors (Lipinski definition) is 1. The van der Waals surface area contributed by atoms with Crippen LogP contribution in [0.3, 0.4) is 0 Å². The summed E-state index contributed by atoms with van der Waals surface area (Å²) >= 11 is 1.81. The van der Waals surface area contributed by atoms with Gasteiger partial charge in [-0.3, -0.25) is 4.68 Å². The van der Waals surface area contributed by atoms with Gasteiger partial charge in [-0.2, -0.15) is 5.10 Å². The lowest BCUT2D eigenvalue weighted by molar-refractivity contribution is 0.179. The SMILES string of the molecule is CCc1cc(CC(O)c2cc3c(s2)CCCC3)n(CC)n1. The van der Waals surface area contributed by atoms with E-state index in [4.69, 9.17) is 0 Å². The van der Waals surface area contributed by atoms with Crippen molar-refractivity contribution in [2.24, 2.45) is 0 Å². The lowest BCUT2D eigenvalue weighted by atomic mass is 9.98. The standard InChI is InChI=1S/C17H24N2OS/c1-3-13-10-14(19(4-2)18-13)11-15(20)17-9-12-7-5-6-8-16(12)21-17/h9-10,15,20H,3-8,11H2,1-2H3. The van der Waals surface area contributed by atoms with Crippen molar-refractivity contribution in [3.63, 3.8) is 0 Å². The maximum absolute atomic E-state index is 10.6. The van der Waals surface area contributed by atoms with E-state index < -0.39 is 6.10 Å². The smallest absolute Gasteiger partial charge is 0.0937 e. The van der Waals surface area contributed by atoms with Crippen molar-refractivity contribution in [2.45, 2.75) is 65.0 Å². The van der Waals surface area contributed by atoms with Gasteiger partial charge in [0.15, 0.2) is 0 Å². The van der Waals surface area contributed by atoms with Crippen LogP contribution in [0.15, 0.2) is 12.1 Å². The number of hydrogen-bond acceptors (Lipinski definition) is 3. The van der Waals surface area contributed by atoms with Crippen LogP contribution in [0.25, 0.3) is 0 Å². The van der Waals surface area contributed by atoms with E-state index in [1.54, 1.807) is 0 Å². The van der Waals surface area contributed by atoms with Gasteiger partial charge in [-0.25, -0.2) is 0 Å². The molecule has 0 saturated carbocycles. The molecule has 0 aromatic carbocycles. The van der Waals surface area contributed by atoms with Crippen molar-refractivity contribution in [1.29, 1.82) is 0 Å². The summed E-state index contributed by atoms with van der Waals surface area (Å²) in [6, 6.07) is 4.37. The third kappa shape index (κ3) is 3.06. The van der Waals surface area contributed by atoms with Gasteiger partial charge in [0.25, 0.3) is 0 Å². The van der Waals surface area contributed by atoms with E-state index in [2.05, 4.69) is 31.1 Å². The highest BCUT2D eigenvalue weighted by Crippen LogP contribution is 2.34. The Morgan fingerprint density at radius 3 is 2.81 bits per heavy atom. The Kier molecular flexibility index (Phi) is 4.45. The topological polar surface area (TPSA) is 38.0 Å². The van der Waals surface area contributed by atoms with Crippen molar-refractivity contribution in [3.8, 4) is 0 Å². The van der Waals surface area contributed by atoms with Gasteiger partial charge in [-0.1, -0.05) is 6.92 Å². The zero-order valence-corrected chi connectivity index (χ0v) is 13.7. The van der Waals surface area contributed by atoms with E-state index in [9.17, 15) is 5.11 Å². The Labute approximate surface area is 130 Å². The van der Waals surface area contributed by atoms with Crippen molar-refractivity contribution in [1.82, 2.24) is 9.78 Å². The molecule has 0 aliphatic heterocycles. The number of aryl methyl sites for hydroxylation is 4. The summed E-state index contributed by atoms with van der Waals surface area (Å²) in [5.41, 5.74) is 3.73. The lowest BCUT2D eigenvalue weighted by Crippen LogP contribution is -2.07. The summed E-state index contributed by atoms with van der Waals surface area (Å²) in [5, 5.41) is 15.2. The number of rotatable bonds is 5. The van der Waals surface area contributed by atoms with Crippen LogP contribution in [0.5, 0.6) is 0 Å². The predicted molar refractivity (Wildman–Crippen MR) is 86.9 cm³/mol. The van der Waals surface area contributed by atoms with Crippen LogP contribution in [-0.4, -0.2) is 14.9 Å². The lowest BCUT2D eigenvalue weighted by Gasteiger charge is -2.09. The Bertz CT molecular complexity index is 591. The Morgan fingerprint density at radius 1 is 1.29 bits per heavy atom. The van der Waals surface area contributed by atoms with E-state index in [0.29, 0.717) is 6.42 Å². The first kappa shape index (κ1) is 14.8. The zero-order chi connectivity index (χ0) is 14.8. The van der Waals surface area contributed by atoms with Crippen molar-refractivity contribution >= 4 is 11.3 Å². The van der Waals surface area contributed by atoms with Gasteiger partial charge in [0.1, 0.15) is 0 Å². The van der Waals surface area contributed by atoms with Gasteiger partial charge in [0.2, 0.25) is 0 Å². The average molecular weight is 304 g/mol. The van der Waals surface area contributed by atoms with Gasteiger partial charge < -0.3 is 5.11 Å². The highest BCUT2D eigenvalue weighted by atomic mass is 32.1. The number of aliphatic hydroxyl groups excluding tert-OH is 1. The van der Waals surface area contributed by atoms with E-state index in [1.165, 1.54) is 36.1 Å². The molecule has 2 aromatic rings. The summed E-state index contributed by atoms with van der Waals surface area (Å²) in [7, 11) is 0. The van der Waals surface area contributed by atoms with Crippen molar-refractivity contribution in [3.05, 3.63) is 38.8 Å². The van der Waals surface area contributed by atoms with E-state index in [-0.39, 0.29) is 0 Å². The number of aliphatic hydroxyl groups is 1. The van der Waals surface area contributed by atoms with E-state index in [1.807, 2.05) is 16.0 Å². The minimum Gasteiger partial charge on any atom is -0.387 e. The highest BCUT2D eigenvalue weighted by molar-refractivity contribution is 7.12. The second kappa shape index (κ2) is 6.32. The maximum Gasteiger partial charge on any atom is 0.0937 e. The summed E-state index contributed by atoms with van der Waals surface area (Å²) in [4.78, 5) is 2.62. The molecule has 0 bridgehead atoms. The molecule has 1 unspecified atom stereocenters. The zero-order valence-electron chi connectivity index (χ0n) is 12.9. The van der Waals surface area contributed by atoms with Crippen molar-refractivity contribution < 1.29 is 5.11 Å². The van der Waals surface area contributed by atoms with Gasteiger partial charge in [-0.15, -0.1) is 11.3 Å². The quantitative estimate of drug-likeness (QED) is 0.915. The molecular weight excluding hydrogens is 280 g/mol. The van der Waals surface area contributed by atoms with E-state index in [0.717, 1.165) is 29.2 Å². The molecule has 1 aliphatic rings. The van der Waals surface area contributed by atoms with Crippen molar-refractivity contribution in [2.75, 3.05) is 0 Å². The van der Waals surface area contributed by atoms with Crippen LogP contribution in [0, 0.1) is 0 Å². The third-order valence-electron chi connectivity index (χ3n) is 4.32. The molecule has 0 radical (unpaired) electrons. The maximum atomic E-state index is 10.6. The second-order valence-corrected chi connectivity index (χ2v) is 6.99. The van der Waals surface area contributed by atoms with Gasteiger partial charge in [-0.05, 0) is 56.7 Å². The first-order valence-corrected chi connectivity index (χ1v) is 8.88. The molecule has 114 valence electrons. The Hall–Kier alpha value is -1.13. The fraction of sp³-hybridized carbons (Fsp3) is 0.588. The molecule has 0 amide bonds. The number of nitrogens with zero attached hydrogens (tertiary/aromatic N) is 2. The monoisotopic (exact) mass is 304 g/mol. The van der Waals surface area contributed by atoms with Crippen LogP contribution < -0.4 is 0 Å². The van der Waals surface area contributed by atoms with Crippen LogP contribution in [0.4, 0.5) is 0 Å². The number of fused-ring (bicyclic) bond motifs is 1. The fourth-order valence-electron chi connectivity index (χ4n) is 3.10. The minimum atomic E-state index is -0.396. The van der Waals surface area contributed by atoms with Gasteiger partial charge in [0.05, 0.1) is 11.8 Å². The minimum absolute atomic E-state index is 0.396. The molecule has 2 aromatic heterocycles. The molecule has 21 heavy (non-hydrogen) atoms. The molecule has 3 rings (SSSR count). The summed E-state index contributed by atoms with van der Waals surface area (Å²) in [6.45, 7) is 5.09. The molecule has 0 saturated heterocycles. The summed E-state index contributed by atoms with van der Waals surface area (Å²) < 4.78 is 2.02. The fourth-order valence-corrected chi connectivity index (χ4v) is 4.35.